The van der Waals surface area contributed by atoms with E-state index >= 15 is 0 Å². The number of sulfonamides is 1. The van der Waals surface area contributed by atoms with Crippen LogP contribution >= 0.6 is 11.3 Å². The van der Waals surface area contributed by atoms with Crippen molar-refractivity contribution in [2.75, 3.05) is 4.72 Å². The molecular weight excluding hydrogens is 325 g/mol. The van der Waals surface area contributed by atoms with E-state index in [1.165, 1.54) is 6.07 Å². The highest BCUT2D eigenvalue weighted by atomic mass is 32.2. The van der Waals surface area contributed by atoms with Gasteiger partial charge in [-0.2, -0.15) is 0 Å². The van der Waals surface area contributed by atoms with E-state index in [-0.39, 0.29) is 16.8 Å². The lowest BCUT2D eigenvalue weighted by atomic mass is 10.3. The Morgan fingerprint density at radius 2 is 1.76 bits per heavy atom. The standard InChI is InChI=1S/C12H11F3N2O2S2/c1-6-2-12(20-11(6)5-16)21(18,19)17-10-4-8(14)7(13)3-9(10)15/h2-4,17H,5,16H2,1H3. The van der Waals surface area contributed by atoms with Crippen LogP contribution in [0.5, 0.6) is 0 Å². The van der Waals surface area contributed by atoms with E-state index in [0.717, 1.165) is 11.3 Å². The Kier molecular flexibility index (Phi) is 4.26. The van der Waals surface area contributed by atoms with Gasteiger partial charge in [0.1, 0.15) is 10.0 Å². The van der Waals surface area contributed by atoms with Gasteiger partial charge in [0.05, 0.1) is 5.69 Å². The fourth-order valence-corrected chi connectivity index (χ4v) is 4.15. The average Bonchev–Trinajstić information content (AvgIpc) is 2.78. The molecule has 0 fully saturated rings. The van der Waals surface area contributed by atoms with Crippen molar-refractivity contribution in [2.24, 2.45) is 5.73 Å². The fraction of sp³-hybridized carbons (Fsp3) is 0.167. The lowest BCUT2D eigenvalue weighted by Gasteiger charge is -2.07. The summed E-state index contributed by atoms with van der Waals surface area (Å²) in [7, 11) is -4.09. The van der Waals surface area contributed by atoms with Crippen LogP contribution < -0.4 is 10.5 Å². The van der Waals surface area contributed by atoms with Crippen LogP contribution in [0.1, 0.15) is 10.4 Å². The highest BCUT2D eigenvalue weighted by Crippen LogP contribution is 2.28. The second-order valence-corrected chi connectivity index (χ2v) is 7.27. The number of hydrogen-bond donors (Lipinski definition) is 2. The Balaban J connectivity index is 2.39. The van der Waals surface area contributed by atoms with Gasteiger partial charge in [-0.05, 0) is 18.6 Å². The number of benzene rings is 1. The van der Waals surface area contributed by atoms with Gasteiger partial charge in [0, 0.05) is 23.6 Å². The van der Waals surface area contributed by atoms with Crippen LogP contribution in [0.15, 0.2) is 22.4 Å². The van der Waals surface area contributed by atoms with Crippen LogP contribution in [0.3, 0.4) is 0 Å². The van der Waals surface area contributed by atoms with Gasteiger partial charge in [0.2, 0.25) is 0 Å². The number of hydrogen-bond acceptors (Lipinski definition) is 4. The molecule has 21 heavy (non-hydrogen) atoms. The Bertz CT molecular complexity index is 788. The number of aryl methyl sites for hydroxylation is 1. The first-order valence-corrected chi connectivity index (χ1v) is 8.01. The molecule has 0 aliphatic carbocycles. The first-order chi connectivity index (χ1) is 9.74. The number of halogens is 3. The molecule has 114 valence electrons. The minimum Gasteiger partial charge on any atom is -0.326 e. The molecular formula is C12H11F3N2O2S2. The predicted molar refractivity (Wildman–Crippen MR) is 74.1 cm³/mol. The number of nitrogens with two attached hydrogens (primary N) is 1. The Morgan fingerprint density at radius 3 is 2.33 bits per heavy atom. The second kappa shape index (κ2) is 5.66. The third kappa shape index (κ3) is 3.20. The maximum atomic E-state index is 13.5. The van der Waals surface area contributed by atoms with Crippen molar-refractivity contribution in [3.05, 3.63) is 46.1 Å². The van der Waals surface area contributed by atoms with Crippen LogP contribution in [-0.4, -0.2) is 8.42 Å². The predicted octanol–water partition coefficient (Wildman–Crippen LogP) is 2.73. The van der Waals surface area contributed by atoms with Crippen LogP contribution in [0, 0.1) is 24.4 Å². The smallest absolute Gasteiger partial charge is 0.271 e. The first-order valence-electron chi connectivity index (χ1n) is 5.71. The molecule has 1 aromatic carbocycles. The molecule has 0 atom stereocenters. The van der Waals surface area contributed by atoms with Gasteiger partial charge in [-0.15, -0.1) is 11.3 Å². The topological polar surface area (TPSA) is 72.2 Å². The molecule has 9 heteroatoms. The summed E-state index contributed by atoms with van der Waals surface area (Å²) < 4.78 is 65.4. The summed E-state index contributed by atoms with van der Waals surface area (Å²) in [6, 6.07) is 2.11. The van der Waals surface area contributed by atoms with Crippen molar-refractivity contribution < 1.29 is 21.6 Å². The molecule has 3 N–H and O–H groups in total. The van der Waals surface area contributed by atoms with E-state index in [1.807, 2.05) is 4.72 Å². The molecule has 0 unspecified atom stereocenters. The molecule has 0 aliphatic rings. The van der Waals surface area contributed by atoms with Crippen molar-refractivity contribution in [3.8, 4) is 0 Å². The van der Waals surface area contributed by atoms with E-state index in [2.05, 4.69) is 0 Å². The van der Waals surface area contributed by atoms with Gasteiger partial charge in [-0.25, -0.2) is 21.6 Å². The maximum absolute atomic E-state index is 13.5. The summed E-state index contributed by atoms with van der Waals surface area (Å²) in [6.07, 6.45) is 0. The number of nitrogens with one attached hydrogen (secondary N) is 1. The number of rotatable bonds is 4. The molecule has 4 nitrogen and oxygen atoms in total. The van der Waals surface area contributed by atoms with Gasteiger partial charge in [0.25, 0.3) is 10.0 Å². The zero-order valence-corrected chi connectivity index (χ0v) is 12.4. The Morgan fingerprint density at radius 1 is 1.14 bits per heavy atom. The highest BCUT2D eigenvalue weighted by Gasteiger charge is 2.21. The molecule has 0 amide bonds. The molecule has 0 aliphatic heterocycles. The summed E-state index contributed by atoms with van der Waals surface area (Å²) in [5.41, 5.74) is 5.49. The molecule has 0 spiro atoms. The zero-order valence-electron chi connectivity index (χ0n) is 10.8. The normalized spacial score (nSPS) is 11.7. The van der Waals surface area contributed by atoms with Crippen LogP contribution in [0.25, 0.3) is 0 Å². The molecule has 0 bridgehead atoms. The molecule has 2 rings (SSSR count). The summed E-state index contributed by atoms with van der Waals surface area (Å²) in [4.78, 5) is 0.668. The minimum atomic E-state index is -4.09. The zero-order chi connectivity index (χ0) is 15.8. The monoisotopic (exact) mass is 336 g/mol. The van der Waals surface area contributed by atoms with Crippen LogP contribution in [0.4, 0.5) is 18.9 Å². The van der Waals surface area contributed by atoms with Crippen molar-refractivity contribution in [1.82, 2.24) is 0 Å². The SMILES string of the molecule is Cc1cc(S(=O)(=O)Nc2cc(F)c(F)cc2F)sc1CN. The van der Waals surface area contributed by atoms with Gasteiger partial charge in [-0.3, -0.25) is 4.72 Å². The van der Waals surface area contributed by atoms with Crippen molar-refractivity contribution in [1.29, 1.82) is 0 Å². The lowest BCUT2D eigenvalue weighted by molar-refractivity contribution is 0.496. The van der Waals surface area contributed by atoms with Crippen LogP contribution in [-0.2, 0) is 16.6 Å². The summed E-state index contributed by atoms with van der Waals surface area (Å²) in [6.45, 7) is 1.86. The van der Waals surface area contributed by atoms with E-state index in [9.17, 15) is 21.6 Å². The largest absolute Gasteiger partial charge is 0.326 e. The van der Waals surface area contributed by atoms with Gasteiger partial charge >= 0.3 is 0 Å². The van der Waals surface area contributed by atoms with Crippen LogP contribution in [0.2, 0.25) is 0 Å². The van der Waals surface area contributed by atoms with Crippen molar-refractivity contribution in [2.45, 2.75) is 17.7 Å². The average molecular weight is 336 g/mol. The molecule has 1 heterocycles. The minimum absolute atomic E-state index is 0.0791. The van der Waals surface area contributed by atoms with Crippen molar-refractivity contribution in [3.63, 3.8) is 0 Å². The summed E-state index contributed by atoms with van der Waals surface area (Å²) in [5, 5.41) is 0. The van der Waals surface area contributed by atoms with Gasteiger partial charge in [0.15, 0.2) is 11.6 Å². The van der Waals surface area contributed by atoms with E-state index in [1.54, 1.807) is 6.92 Å². The third-order valence-electron chi connectivity index (χ3n) is 2.70. The van der Waals surface area contributed by atoms with E-state index in [0.29, 0.717) is 16.5 Å². The quantitative estimate of drug-likeness (QED) is 0.843. The van der Waals surface area contributed by atoms with E-state index < -0.39 is 33.2 Å². The molecule has 0 radical (unpaired) electrons. The van der Waals surface area contributed by atoms with Gasteiger partial charge < -0.3 is 5.73 Å². The molecule has 0 saturated heterocycles. The Labute approximate surface area is 123 Å². The maximum Gasteiger partial charge on any atom is 0.271 e. The van der Waals surface area contributed by atoms with Crippen molar-refractivity contribution >= 4 is 27.0 Å². The second-order valence-electron chi connectivity index (χ2n) is 4.23. The highest BCUT2D eigenvalue weighted by molar-refractivity contribution is 7.94. The first kappa shape index (κ1) is 15.8. The Hall–Kier alpha value is -1.58. The molecule has 0 saturated carbocycles. The summed E-state index contributed by atoms with van der Waals surface area (Å²) in [5.74, 6) is -3.95. The number of anilines is 1. The van der Waals surface area contributed by atoms with Gasteiger partial charge in [-0.1, -0.05) is 0 Å². The molecule has 2 aromatic rings. The van der Waals surface area contributed by atoms with E-state index in [4.69, 9.17) is 5.73 Å². The summed E-state index contributed by atoms with van der Waals surface area (Å²) >= 11 is 0.933. The fourth-order valence-electron chi connectivity index (χ4n) is 1.62. The third-order valence-corrected chi connectivity index (χ3v) is 5.80. The number of thiophene rings is 1. The lowest BCUT2D eigenvalue weighted by Crippen LogP contribution is -2.13. The molecule has 1 aromatic heterocycles.